The molecule has 2 rings (SSSR count). The van der Waals surface area contributed by atoms with Gasteiger partial charge >= 0.3 is 0 Å². The predicted octanol–water partition coefficient (Wildman–Crippen LogP) is 3.64. The molecule has 0 fully saturated rings. The van der Waals surface area contributed by atoms with Crippen molar-refractivity contribution in [2.24, 2.45) is 0 Å². The first-order valence-electron chi connectivity index (χ1n) is 6.70. The van der Waals surface area contributed by atoms with E-state index in [4.69, 9.17) is 4.74 Å². The molecule has 0 amide bonds. The first-order chi connectivity index (χ1) is 9.06. The van der Waals surface area contributed by atoms with Crippen LogP contribution in [0.1, 0.15) is 30.8 Å². The molecule has 0 spiro atoms. The normalized spacial score (nSPS) is 10.8. The Labute approximate surface area is 115 Å². The van der Waals surface area contributed by atoms with Crippen LogP contribution in [-0.2, 0) is 6.54 Å². The first-order valence-corrected chi connectivity index (χ1v) is 6.70. The summed E-state index contributed by atoms with van der Waals surface area (Å²) < 4.78 is 7.81. The van der Waals surface area contributed by atoms with E-state index in [1.165, 1.54) is 17.0 Å². The third kappa shape index (κ3) is 3.53. The van der Waals surface area contributed by atoms with E-state index in [9.17, 15) is 0 Å². The van der Waals surface area contributed by atoms with Crippen molar-refractivity contribution in [2.75, 3.05) is 5.43 Å². The van der Waals surface area contributed by atoms with E-state index in [0.717, 1.165) is 12.3 Å². The largest absolute Gasteiger partial charge is 0.491 e. The average molecular weight is 258 g/mol. The molecule has 0 aliphatic carbocycles. The summed E-state index contributed by atoms with van der Waals surface area (Å²) in [7, 11) is 0. The molecule has 1 N–H and O–H groups in total. The fourth-order valence-corrected chi connectivity index (χ4v) is 2.09. The van der Waals surface area contributed by atoms with E-state index in [2.05, 4.69) is 48.2 Å². The highest BCUT2D eigenvalue weighted by molar-refractivity contribution is 5.29. The van der Waals surface area contributed by atoms with Crippen molar-refractivity contribution in [1.29, 1.82) is 0 Å². The monoisotopic (exact) mass is 258 g/mol. The van der Waals surface area contributed by atoms with Gasteiger partial charge in [-0.3, -0.25) is 4.68 Å². The second kappa shape index (κ2) is 5.83. The van der Waals surface area contributed by atoms with E-state index in [0.29, 0.717) is 0 Å². The lowest BCUT2D eigenvalue weighted by Crippen LogP contribution is -2.17. The molecule has 102 valence electrons. The minimum Gasteiger partial charge on any atom is -0.491 e. The van der Waals surface area contributed by atoms with Crippen molar-refractivity contribution >= 4 is 0 Å². The summed E-state index contributed by atoms with van der Waals surface area (Å²) in [4.78, 5) is 0. The minimum atomic E-state index is 0.206. The van der Waals surface area contributed by atoms with Crippen LogP contribution in [0.3, 0.4) is 0 Å². The number of benzene rings is 1. The molecule has 0 aliphatic rings. The van der Waals surface area contributed by atoms with Crippen LogP contribution in [0.4, 0.5) is 0 Å². The lowest BCUT2D eigenvalue weighted by Gasteiger charge is -2.14. The van der Waals surface area contributed by atoms with Crippen molar-refractivity contribution in [1.82, 2.24) is 4.68 Å². The number of aryl methyl sites for hydroxylation is 2. The number of ether oxygens (including phenoxy) is 1. The number of hydrogen-bond acceptors (Lipinski definition) is 2. The smallest absolute Gasteiger partial charge is 0.120 e. The van der Waals surface area contributed by atoms with E-state index < -0.39 is 0 Å². The fourth-order valence-electron chi connectivity index (χ4n) is 2.09. The van der Waals surface area contributed by atoms with E-state index >= 15 is 0 Å². The zero-order chi connectivity index (χ0) is 13.8. The molecule has 0 bridgehead atoms. The number of hydrogen-bond donors (Lipinski definition) is 1. The van der Waals surface area contributed by atoms with Crippen molar-refractivity contribution in [3.8, 4) is 5.75 Å². The summed E-state index contributed by atoms with van der Waals surface area (Å²) >= 11 is 0. The molecule has 2 aromatic rings. The lowest BCUT2D eigenvalue weighted by atomic mass is 10.2. The van der Waals surface area contributed by atoms with Gasteiger partial charge in [-0.05, 0) is 57.5 Å². The summed E-state index contributed by atoms with van der Waals surface area (Å²) in [5.41, 5.74) is 7.06. The molecule has 0 atom stereocenters. The Morgan fingerprint density at radius 1 is 1.11 bits per heavy atom. The van der Waals surface area contributed by atoms with Gasteiger partial charge in [0.25, 0.3) is 0 Å². The van der Waals surface area contributed by atoms with Crippen molar-refractivity contribution in [3.05, 3.63) is 53.3 Å². The van der Waals surface area contributed by atoms with E-state index in [1.807, 2.05) is 26.0 Å². The average Bonchev–Trinajstić information content (AvgIpc) is 2.66. The molecular formula is C16H22N2O. The van der Waals surface area contributed by atoms with Gasteiger partial charge in [-0.1, -0.05) is 12.1 Å². The zero-order valence-electron chi connectivity index (χ0n) is 12.1. The third-order valence-corrected chi connectivity index (χ3v) is 2.98. The molecule has 1 aromatic carbocycles. The van der Waals surface area contributed by atoms with Crippen molar-refractivity contribution < 1.29 is 4.74 Å². The van der Waals surface area contributed by atoms with E-state index in [1.54, 1.807) is 0 Å². The third-order valence-electron chi connectivity index (χ3n) is 2.98. The standard InChI is InChI=1S/C16H22N2O/c1-12(2)19-16-7-5-6-15(10-16)11-17-18-13(3)8-9-14(18)4/h5-10,12,17H,11H2,1-4H3. The van der Waals surface area contributed by atoms with Crippen LogP contribution >= 0.6 is 0 Å². The van der Waals surface area contributed by atoms with Crippen LogP contribution in [0, 0.1) is 13.8 Å². The van der Waals surface area contributed by atoms with Crippen LogP contribution in [-0.4, -0.2) is 10.8 Å². The number of nitrogens with one attached hydrogen (secondary N) is 1. The molecule has 1 aromatic heterocycles. The zero-order valence-corrected chi connectivity index (χ0v) is 12.1. The van der Waals surface area contributed by atoms with Crippen LogP contribution < -0.4 is 10.2 Å². The second-order valence-corrected chi connectivity index (χ2v) is 5.10. The molecule has 0 saturated carbocycles. The predicted molar refractivity (Wildman–Crippen MR) is 79.2 cm³/mol. The number of nitrogens with zero attached hydrogens (tertiary/aromatic N) is 1. The molecule has 0 unspecified atom stereocenters. The van der Waals surface area contributed by atoms with Crippen LogP contribution in [0.2, 0.25) is 0 Å². The Hall–Kier alpha value is -1.90. The molecular weight excluding hydrogens is 236 g/mol. The van der Waals surface area contributed by atoms with Gasteiger partial charge in [-0.25, -0.2) is 0 Å². The summed E-state index contributed by atoms with van der Waals surface area (Å²) in [5.74, 6) is 0.926. The highest BCUT2D eigenvalue weighted by Gasteiger charge is 2.02. The Morgan fingerprint density at radius 2 is 1.79 bits per heavy atom. The van der Waals surface area contributed by atoms with Crippen LogP contribution in [0.15, 0.2) is 36.4 Å². The van der Waals surface area contributed by atoms with Gasteiger partial charge < -0.3 is 10.2 Å². The summed E-state index contributed by atoms with van der Waals surface area (Å²) in [5, 5.41) is 0. The summed E-state index contributed by atoms with van der Waals surface area (Å²) in [6.07, 6.45) is 0.206. The SMILES string of the molecule is Cc1ccc(C)n1NCc1cccc(OC(C)C)c1. The maximum absolute atomic E-state index is 5.70. The molecule has 1 heterocycles. The molecule has 0 radical (unpaired) electrons. The molecule has 19 heavy (non-hydrogen) atoms. The quantitative estimate of drug-likeness (QED) is 0.886. The number of rotatable bonds is 5. The van der Waals surface area contributed by atoms with Gasteiger partial charge in [0.2, 0.25) is 0 Å². The summed E-state index contributed by atoms with van der Waals surface area (Å²) in [6, 6.07) is 12.4. The highest BCUT2D eigenvalue weighted by atomic mass is 16.5. The first kappa shape index (κ1) is 13.5. The fraction of sp³-hybridized carbons (Fsp3) is 0.375. The Morgan fingerprint density at radius 3 is 2.42 bits per heavy atom. The van der Waals surface area contributed by atoms with Crippen molar-refractivity contribution in [3.63, 3.8) is 0 Å². The van der Waals surface area contributed by atoms with E-state index in [-0.39, 0.29) is 6.10 Å². The van der Waals surface area contributed by atoms with Gasteiger partial charge in [-0.15, -0.1) is 0 Å². The molecule has 0 aliphatic heterocycles. The molecule has 3 heteroatoms. The maximum Gasteiger partial charge on any atom is 0.120 e. The lowest BCUT2D eigenvalue weighted by molar-refractivity contribution is 0.242. The van der Waals surface area contributed by atoms with Crippen molar-refractivity contribution in [2.45, 2.75) is 40.3 Å². The molecule has 3 nitrogen and oxygen atoms in total. The second-order valence-electron chi connectivity index (χ2n) is 5.10. The van der Waals surface area contributed by atoms with Gasteiger partial charge in [0.15, 0.2) is 0 Å². The van der Waals surface area contributed by atoms with Crippen LogP contribution in [0.25, 0.3) is 0 Å². The Balaban J connectivity index is 2.03. The molecule has 0 saturated heterocycles. The van der Waals surface area contributed by atoms with Gasteiger partial charge in [-0.2, -0.15) is 0 Å². The highest BCUT2D eigenvalue weighted by Crippen LogP contribution is 2.15. The van der Waals surface area contributed by atoms with Gasteiger partial charge in [0, 0.05) is 11.4 Å². The van der Waals surface area contributed by atoms with Gasteiger partial charge in [0.1, 0.15) is 5.75 Å². The Kier molecular flexibility index (Phi) is 4.15. The van der Waals surface area contributed by atoms with Gasteiger partial charge in [0.05, 0.1) is 12.6 Å². The number of aromatic nitrogens is 1. The topological polar surface area (TPSA) is 26.2 Å². The maximum atomic E-state index is 5.70. The Bertz CT molecular complexity index is 524. The summed E-state index contributed by atoms with van der Waals surface area (Å²) in [6.45, 7) is 9.05. The minimum absolute atomic E-state index is 0.206. The van der Waals surface area contributed by atoms with Crippen LogP contribution in [0.5, 0.6) is 5.75 Å².